The van der Waals surface area contributed by atoms with Crippen molar-refractivity contribution >= 4 is 0 Å². The van der Waals surface area contributed by atoms with Gasteiger partial charge in [0.1, 0.15) is 5.76 Å². The van der Waals surface area contributed by atoms with Crippen LogP contribution in [0.1, 0.15) is 46.0 Å². The van der Waals surface area contributed by atoms with Crippen molar-refractivity contribution in [3.05, 3.63) is 36.6 Å². The van der Waals surface area contributed by atoms with Gasteiger partial charge < -0.3 is 9.47 Å². The van der Waals surface area contributed by atoms with Gasteiger partial charge in [-0.15, -0.1) is 0 Å². The molecule has 0 amide bonds. The van der Waals surface area contributed by atoms with Crippen molar-refractivity contribution in [2.45, 2.75) is 46.0 Å². The minimum atomic E-state index is 0.318. The molecular formula is C17H28O2. The van der Waals surface area contributed by atoms with Crippen LogP contribution in [-0.4, -0.2) is 13.4 Å². The third kappa shape index (κ3) is 7.22. The normalized spacial score (nSPS) is 24.6. The summed E-state index contributed by atoms with van der Waals surface area (Å²) in [5.74, 6) is 2.53. The summed E-state index contributed by atoms with van der Waals surface area (Å²) in [6.07, 6.45) is 14.1. The molecule has 0 heterocycles. The number of allylic oxidation sites excluding steroid dienone is 4. The lowest BCUT2D eigenvalue weighted by Gasteiger charge is -2.25. The van der Waals surface area contributed by atoms with Crippen molar-refractivity contribution in [3.63, 3.8) is 0 Å². The molecule has 0 aromatic carbocycles. The molecule has 0 aromatic heterocycles. The molecule has 0 atom stereocenters. The Bertz CT molecular complexity index is 296. The summed E-state index contributed by atoms with van der Waals surface area (Å²) < 4.78 is 11.0. The van der Waals surface area contributed by atoms with Gasteiger partial charge in [-0.25, -0.2) is 0 Å². The summed E-state index contributed by atoms with van der Waals surface area (Å²) in [4.78, 5) is 0. The molecule has 0 spiro atoms. The molecule has 2 heteroatoms. The summed E-state index contributed by atoms with van der Waals surface area (Å²) in [5, 5.41) is 0. The molecular weight excluding hydrogens is 236 g/mol. The maximum Gasteiger partial charge on any atom is 0.189 e. The summed E-state index contributed by atoms with van der Waals surface area (Å²) in [6, 6.07) is 0. The van der Waals surface area contributed by atoms with Gasteiger partial charge in [-0.2, -0.15) is 0 Å². The molecule has 19 heavy (non-hydrogen) atoms. The average molecular weight is 264 g/mol. The number of hydrogen-bond donors (Lipinski definition) is 0. The van der Waals surface area contributed by atoms with Crippen LogP contribution in [0.2, 0.25) is 0 Å². The van der Waals surface area contributed by atoms with Crippen molar-refractivity contribution in [2.75, 3.05) is 13.4 Å². The van der Waals surface area contributed by atoms with Crippen molar-refractivity contribution in [2.24, 2.45) is 11.8 Å². The van der Waals surface area contributed by atoms with Gasteiger partial charge in [0.05, 0.1) is 6.61 Å². The van der Waals surface area contributed by atoms with Crippen LogP contribution in [0.3, 0.4) is 0 Å². The van der Waals surface area contributed by atoms with Gasteiger partial charge >= 0.3 is 0 Å². The molecule has 108 valence electrons. The lowest BCUT2D eigenvalue weighted by Crippen LogP contribution is -2.14. The van der Waals surface area contributed by atoms with E-state index in [2.05, 4.69) is 13.5 Å². The highest BCUT2D eigenvalue weighted by Gasteiger charge is 2.17. The third-order valence-electron chi connectivity index (χ3n) is 3.77. The molecule has 0 aromatic rings. The molecule has 0 aliphatic heterocycles. The Morgan fingerprint density at radius 3 is 2.63 bits per heavy atom. The maximum absolute atomic E-state index is 5.54. The Hall–Kier alpha value is -1.02. The first kappa shape index (κ1) is 16.0. The molecule has 0 saturated heterocycles. The molecule has 1 rings (SSSR count). The topological polar surface area (TPSA) is 18.5 Å². The van der Waals surface area contributed by atoms with Gasteiger partial charge in [0.25, 0.3) is 0 Å². The van der Waals surface area contributed by atoms with Gasteiger partial charge in [-0.1, -0.05) is 51.3 Å². The van der Waals surface area contributed by atoms with Crippen molar-refractivity contribution in [3.8, 4) is 0 Å². The van der Waals surface area contributed by atoms with Crippen LogP contribution < -0.4 is 0 Å². The quantitative estimate of drug-likeness (QED) is 0.270. The molecule has 0 unspecified atom stereocenters. The largest absolute Gasteiger partial charge is 0.468 e. The monoisotopic (exact) mass is 264 g/mol. The van der Waals surface area contributed by atoms with E-state index in [1.54, 1.807) is 6.08 Å². The predicted molar refractivity (Wildman–Crippen MR) is 80.7 cm³/mol. The SMILES string of the molecule is C=CC(=CC=CC)OCOCCC1CCC(C)CC1. The summed E-state index contributed by atoms with van der Waals surface area (Å²) >= 11 is 0. The Labute approximate surface area is 118 Å². The van der Waals surface area contributed by atoms with E-state index < -0.39 is 0 Å². The third-order valence-corrected chi connectivity index (χ3v) is 3.77. The second kappa shape index (κ2) is 9.85. The lowest BCUT2D eigenvalue weighted by molar-refractivity contribution is -0.0253. The molecule has 0 bridgehead atoms. The fraction of sp³-hybridized carbons (Fsp3) is 0.647. The van der Waals surface area contributed by atoms with E-state index >= 15 is 0 Å². The lowest BCUT2D eigenvalue weighted by atomic mass is 9.82. The standard InChI is InChI=1S/C17H28O2/c1-4-6-7-17(5-2)19-14-18-13-12-16-10-8-15(3)9-11-16/h4-7,15-16H,2,8-14H2,1,3H3. The van der Waals surface area contributed by atoms with E-state index in [0.717, 1.165) is 30.6 Å². The van der Waals surface area contributed by atoms with E-state index in [4.69, 9.17) is 9.47 Å². The zero-order chi connectivity index (χ0) is 13.9. The van der Waals surface area contributed by atoms with Crippen molar-refractivity contribution in [1.82, 2.24) is 0 Å². The van der Waals surface area contributed by atoms with Crippen LogP contribution in [-0.2, 0) is 9.47 Å². The first-order chi connectivity index (χ1) is 9.26. The molecule has 2 nitrogen and oxygen atoms in total. The second-order valence-corrected chi connectivity index (χ2v) is 5.38. The van der Waals surface area contributed by atoms with Crippen LogP contribution in [0.25, 0.3) is 0 Å². The maximum atomic E-state index is 5.54. The van der Waals surface area contributed by atoms with Crippen molar-refractivity contribution < 1.29 is 9.47 Å². The fourth-order valence-corrected chi connectivity index (χ4v) is 2.40. The van der Waals surface area contributed by atoms with Gasteiger partial charge in [0.2, 0.25) is 0 Å². The summed E-state index contributed by atoms with van der Waals surface area (Å²) in [6.45, 7) is 9.15. The Kier molecular flexibility index (Phi) is 8.31. The van der Waals surface area contributed by atoms with E-state index in [0.29, 0.717) is 6.79 Å². The zero-order valence-corrected chi connectivity index (χ0v) is 12.4. The second-order valence-electron chi connectivity index (χ2n) is 5.38. The van der Waals surface area contributed by atoms with Crippen LogP contribution in [0, 0.1) is 11.8 Å². The Balaban J connectivity index is 2.06. The predicted octanol–water partition coefficient (Wildman–Crippen LogP) is 4.84. The summed E-state index contributed by atoms with van der Waals surface area (Å²) in [5.41, 5.74) is 0. The van der Waals surface area contributed by atoms with Gasteiger partial charge in [0, 0.05) is 0 Å². The highest BCUT2D eigenvalue weighted by molar-refractivity contribution is 5.15. The Morgan fingerprint density at radius 2 is 2.00 bits per heavy atom. The van der Waals surface area contributed by atoms with E-state index in [9.17, 15) is 0 Å². The summed E-state index contributed by atoms with van der Waals surface area (Å²) in [7, 11) is 0. The van der Waals surface area contributed by atoms with E-state index in [1.165, 1.54) is 25.7 Å². The van der Waals surface area contributed by atoms with Gasteiger partial charge in [-0.3, -0.25) is 0 Å². The number of rotatable bonds is 8. The molecule has 0 radical (unpaired) electrons. The van der Waals surface area contributed by atoms with Gasteiger partial charge in [0.15, 0.2) is 6.79 Å². The smallest absolute Gasteiger partial charge is 0.189 e. The molecule has 1 fully saturated rings. The van der Waals surface area contributed by atoms with Crippen LogP contribution >= 0.6 is 0 Å². The zero-order valence-electron chi connectivity index (χ0n) is 12.4. The first-order valence-corrected chi connectivity index (χ1v) is 7.42. The highest BCUT2D eigenvalue weighted by atomic mass is 16.7. The number of ether oxygens (including phenoxy) is 2. The molecule has 1 aliphatic carbocycles. The molecule has 0 N–H and O–H groups in total. The first-order valence-electron chi connectivity index (χ1n) is 7.42. The van der Waals surface area contributed by atoms with E-state index in [1.807, 2.05) is 25.2 Å². The van der Waals surface area contributed by atoms with Crippen LogP contribution in [0.4, 0.5) is 0 Å². The van der Waals surface area contributed by atoms with Gasteiger partial charge in [-0.05, 0) is 37.3 Å². The Morgan fingerprint density at radius 1 is 1.26 bits per heavy atom. The average Bonchev–Trinajstić information content (AvgIpc) is 2.44. The van der Waals surface area contributed by atoms with Crippen molar-refractivity contribution in [1.29, 1.82) is 0 Å². The van der Waals surface area contributed by atoms with E-state index in [-0.39, 0.29) is 0 Å². The molecule has 1 saturated carbocycles. The number of hydrogen-bond acceptors (Lipinski definition) is 2. The highest BCUT2D eigenvalue weighted by Crippen LogP contribution is 2.30. The minimum Gasteiger partial charge on any atom is -0.468 e. The fourth-order valence-electron chi connectivity index (χ4n) is 2.40. The minimum absolute atomic E-state index is 0.318. The van der Waals surface area contributed by atoms with Crippen LogP contribution in [0.5, 0.6) is 0 Å². The molecule has 1 aliphatic rings. The van der Waals surface area contributed by atoms with Crippen LogP contribution in [0.15, 0.2) is 36.6 Å².